The lowest BCUT2D eigenvalue weighted by molar-refractivity contribution is -0.140. The number of hydrogen-bond donors (Lipinski definition) is 1. The molecule has 0 aliphatic rings. The standard InChI is InChI=1S/C16H10BrF3N2/c17-12-8-6-11(7-9-12)15-21-13(10-4-2-1-3-5-10)14(22-15)16(18,19)20/h1-9H,(H,21,22). The van der Waals surface area contributed by atoms with Gasteiger partial charge in [-0.3, -0.25) is 0 Å². The van der Waals surface area contributed by atoms with Gasteiger partial charge >= 0.3 is 6.18 Å². The van der Waals surface area contributed by atoms with Gasteiger partial charge in [-0.15, -0.1) is 0 Å². The molecule has 6 heteroatoms. The molecule has 0 radical (unpaired) electrons. The number of H-pyrrole nitrogens is 1. The highest BCUT2D eigenvalue weighted by Crippen LogP contribution is 2.37. The zero-order valence-electron chi connectivity index (χ0n) is 11.2. The van der Waals surface area contributed by atoms with Crippen molar-refractivity contribution in [2.45, 2.75) is 6.18 Å². The molecule has 2 aromatic carbocycles. The van der Waals surface area contributed by atoms with Gasteiger partial charge < -0.3 is 4.98 Å². The van der Waals surface area contributed by atoms with Gasteiger partial charge in [0.2, 0.25) is 0 Å². The minimum absolute atomic E-state index is 0.0916. The highest BCUT2D eigenvalue weighted by atomic mass is 79.9. The van der Waals surface area contributed by atoms with Gasteiger partial charge in [0, 0.05) is 15.6 Å². The van der Waals surface area contributed by atoms with E-state index in [9.17, 15) is 13.2 Å². The summed E-state index contributed by atoms with van der Waals surface area (Å²) in [6, 6.07) is 15.3. The van der Waals surface area contributed by atoms with Crippen LogP contribution in [0.2, 0.25) is 0 Å². The second-order valence-electron chi connectivity index (χ2n) is 4.68. The number of imidazole rings is 1. The fraction of sp³-hybridized carbons (Fsp3) is 0.0625. The average Bonchev–Trinajstić information content (AvgIpc) is 2.94. The van der Waals surface area contributed by atoms with Gasteiger partial charge in [0.1, 0.15) is 17.2 Å². The molecule has 1 heterocycles. The van der Waals surface area contributed by atoms with Crippen LogP contribution in [0.25, 0.3) is 22.6 Å². The molecule has 1 N–H and O–H groups in total. The Labute approximate surface area is 133 Å². The number of halogens is 4. The number of nitrogens with one attached hydrogen (secondary N) is 1. The highest BCUT2D eigenvalue weighted by molar-refractivity contribution is 9.10. The van der Waals surface area contributed by atoms with Gasteiger partial charge in [-0.2, -0.15) is 13.2 Å². The summed E-state index contributed by atoms with van der Waals surface area (Å²) in [5.74, 6) is 0.193. The lowest BCUT2D eigenvalue weighted by atomic mass is 10.1. The first-order chi connectivity index (χ1) is 10.4. The number of aromatic nitrogens is 2. The van der Waals surface area contributed by atoms with Gasteiger partial charge in [-0.25, -0.2) is 4.98 Å². The normalized spacial score (nSPS) is 11.6. The average molecular weight is 367 g/mol. The van der Waals surface area contributed by atoms with Crippen LogP contribution in [0.5, 0.6) is 0 Å². The smallest absolute Gasteiger partial charge is 0.334 e. The first-order valence-electron chi connectivity index (χ1n) is 6.44. The Morgan fingerprint density at radius 3 is 2.09 bits per heavy atom. The third kappa shape index (κ3) is 2.92. The molecule has 0 saturated carbocycles. The van der Waals surface area contributed by atoms with Crippen LogP contribution in [-0.2, 0) is 6.18 Å². The third-order valence-corrected chi connectivity index (χ3v) is 3.68. The van der Waals surface area contributed by atoms with Crippen molar-refractivity contribution in [3.8, 4) is 22.6 Å². The molecule has 0 bridgehead atoms. The van der Waals surface area contributed by atoms with Gasteiger partial charge in [-0.1, -0.05) is 58.4 Å². The van der Waals surface area contributed by atoms with Crippen LogP contribution in [-0.4, -0.2) is 9.97 Å². The number of aromatic amines is 1. The van der Waals surface area contributed by atoms with E-state index in [1.165, 1.54) is 0 Å². The predicted molar refractivity (Wildman–Crippen MR) is 82.2 cm³/mol. The maximum absolute atomic E-state index is 13.2. The van der Waals surface area contributed by atoms with E-state index in [-0.39, 0.29) is 11.5 Å². The van der Waals surface area contributed by atoms with Crippen molar-refractivity contribution in [2.24, 2.45) is 0 Å². The van der Waals surface area contributed by atoms with E-state index in [1.54, 1.807) is 54.6 Å². The number of benzene rings is 2. The molecule has 0 aliphatic carbocycles. The summed E-state index contributed by atoms with van der Waals surface area (Å²) in [5, 5.41) is 0. The zero-order valence-corrected chi connectivity index (χ0v) is 12.7. The molecule has 0 unspecified atom stereocenters. The molecule has 112 valence electrons. The van der Waals surface area contributed by atoms with Gasteiger partial charge in [0.25, 0.3) is 0 Å². The van der Waals surface area contributed by atoms with E-state index in [4.69, 9.17) is 0 Å². The summed E-state index contributed by atoms with van der Waals surface area (Å²) in [6.07, 6.45) is -4.49. The molecule has 3 aromatic rings. The molecular formula is C16H10BrF3N2. The lowest BCUT2D eigenvalue weighted by Gasteiger charge is -2.06. The van der Waals surface area contributed by atoms with Crippen LogP contribution < -0.4 is 0 Å². The predicted octanol–water partition coefficient (Wildman–Crippen LogP) is 5.53. The molecule has 3 rings (SSSR count). The molecule has 1 aromatic heterocycles. The van der Waals surface area contributed by atoms with Gasteiger partial charge in [-0.05, 0) is 12.1 Å². The van der Waals surface area contributed by atoms with Crippen molar-refractivity contribution in [2.75, 3.05) is 0 Å². The molecule has 0 fully saturated rings. The molecule has 22 heavy (non-hydrogen) atoms. The van der Waals surface area contributed by atoms with Crippen molar-refractivity contribution >= 4 is 15.9 Å². The third-order valence-electron chi connectivity index (χ3n) is 3.15. The SMILES string of the molecule is FC(F)(F)c1[nH]c(-c2ccc(Br)cc2)nc1-c1ccccc1. The second kappa shape index (κ2) is 5.61. The summed E-state index contributed by atoms with van der Waals surface area (Å²) >= 11 is 3.30. The van der Waals surface area contributed by atoms with Crippen molar-refractivity contribution in [3.05, 3.63) is 64.8 Å². The first kappa shape index (κ1) is 14.8. The Bertz CT molecular complexity index is 777. The van der Waals surface area contributed by atoms with Crippen LogP contribution >= 0.6 is 15.9 Å². The first-order valence-corrected chi connectivity index (χ1v) is 7.23. The fourth-order valence-electron chi connectivity index (χ4n) is 2.13. The summed E-state index contributed by atoms with van der Waals surface area (Å²) < 4.78 is 40.6. The number of hydrogen-bond acceptors (Lipinski definition) is 1. The van der Waals surface area contributed by atoms with Crippen LogP contribution in [0.15, 0.2) is 59.1 Å². The van der Waals surface area contributed by atoms with Crippen molar-refractivity contribution in [1.82, 2.24) is 9.97 Å². The molecular weight excluding hydrogens is 357 g/mol. The lowest BCUT2D eigenvalue weighted by Crippen LogP contribution is -2.07. The Hall–Kier alpha value is -2.08. The van der Waals surface area contributed by atoms with E-state index in [0.717, 1.165) is 4.47 Å². The minimum Gasteiger partial charge on any atom is -0.334 e. The quantitative estimate of drug-likeness (QED) is 0.634. The van der Waals surface area contributed by atoms with Crippen LogP contribution in [0.4, 0.5) is 13.2 Å². The molecule has 0 saturated heterocycles. The molecule has 0 aliphatic heterocycles. The Morgan fingerprint density at radius 1 is 0.864 bits per heavy atom. The summed E-state index contributed by atoms with van der Waals surface area (Å²) in [5.41, 5.74) is 0.0907. The monoisotopic (exact) mass is 366 g/mol. The van der Waals surface area contributed by atoms with Crippen molar-refractivity contribution in [3.63, 3.8) is 0 Å². The summed E-state index contributed by atoms with van der Waals surface area (Å²) in [7, 11) is 0. The number of alkyl halides is 3. The highest BCUT2D eigenvalue weighted by Gasteiger charge is 2.37. The molecule has 0 atom stereocenters. The number of nitrogens with zero attached hydrogens (tertiary/aromatic N) is 1. The van der Waals surface area contributed by atoms with Crippen molar-refractivity contribution < 1.29 is 13.2 Å². The minimum atomic E-state index is -4.49. The summed E-state index contributed by atoms with van der Waals surface area (Å²) in [4.78, 5) is 6.56. The van der Waals surface area contributed by atoms with Gasteiger partial charge in [0.05, 0.1) is 0 Å². The van der Waals surface area contributed by atoms with E-state index < -0.39 is 11.9 Å². The van der Waals surface area contributed by atoms with E-state index >= 15 is 0 Å². The second-order valence-corrected chi connectivity index (χ2v) is 5.60. The maximum Gasteiger partial charge on any atom is 0.433 e. The maximum atomic E-state index is 13.2. The van der Waals surface area contributed by atoms with Crippen LogP contribution in [0.3, 0.4) is 0 Å². The van der Waals surface area contributed by atoms with Crippen LogP contribution in [0, 0.1) is 0 Å². The molecule has 0 amide bonds. The topological polar surface area (TPSA) is 28.7 Å². The van der Waals surface area contributed by atoms with E-state index in [0.29, 0.717) is 11.1 Å². The van der Waals surface area contributed by atoms with Crippen LogP contribution in [0.1, 0.15) is 5.69 Å². The Balaban J connectivity index is 2.15. The largest absolute Gasteiger partial charge is 0.433 e. The van der Waals surface area contributed by atoms with E-state index in [2.05, 4.69) is 25.9 Å². The molecule has 0 spiro atoms. The van der Waals surface area contributed by atoms with Crippen molar-refractivity contribution in [1.29, 1.82) is 0 Å². The Morgan fingerprint density at radius 2 is 1.50 bits per heavy atom. The van der Waals surface area contributed by atoms with E-state index in [1.807, 2.05) is 0 Å². The fourth-order valence-corrected chi connectivity index (χ4v) is 2.39. The molecule has 2 nitrogen and oxygen atoms in total. The zero-order chi connectivity index (χ0) is 15.7. The summed E-state index contributed by atoms with van der Waals surface area (Å²) in [6.45, 7) is 0. The van der Waals surface area contributed by atoms with Gasteiger partial charge in [0.15, 0.2) is 0 Å². The Kier molecular flexibility index (Phi) is 3.78. The number of rotatable bonds is 2.